The molecular weight excluding hydrogens is 709 g/mol. The lowest BCUT2D eigenvalue weighted by molar-refractivity contribution is -0.134. The molecule has 0 bridgehead atoms. The Morgan fingerprint density at radius 3 is 2.48 bits per heavy atom. The van der Waals surface area contributed by atoms with Crippen molar-refractivity contribution >= 4 is 29.8 Å². The predicted molar refractivity (Wildman–Crippen MR) is 218 cm³/mol. The van der Waals surface area contributed by atoms with Gasteiger partial charge in [0.1, 0.15) is 24.2 Å². The molecule has 3 aromatic carbocycles. The molecule has 1 atom stereocenters. The maximum atomic E-state index is 13.9. The number of fused-ring (bicyclic) bond motifs is 4. The van der Waals surface area contributed by atoms with Crippen molar-refractivity contribution < 1.29 is 23.9 Å². The summed E-state index contributed by atoms with van der Waals surface area (Å²) in [6.07, 6.45) is 6.19. The number of likely N-dealkylation sites (N-methyl/N-ethyl adjacent to an activating group) is 1. The third kappa shape index (κ3) is 8.94. The number of amides is 3. The summed E-state index contributed by atoms with van der Waals surface area (Å²) < 4.78 is 11.2. The first-order valence-electron chi connectivity index (χ1n) is 19.3. The molecule has 0 unspecified atom stereocenters. The molecule has 1 aliphatic heterocycles. The van der Waals surface area contributed by atoms with Crippen LogP contribution in [0.4, 0.5) is 4.79 Å². The van der Waals surface area contributed by atoms with Crippen molar-refractivity contribution in [3.8, 4) is 28.1 Å². The van der Waals surface area contributed by atoms with Gasteiger partial charge in [-0.05, 0) is 78.7 Å². The number of rotatable bonds is 16. The van der Waals surface area contributed by atoms with Gasteiger partial charge >= 0.3 is 6.09 Å². The maximum absolute atomic E-state index is 13.9. The van der Waals surface area contributed by atoms with E-state index in [0.717, 1.165) is 76.3 Å². The van der Waals surface area contributed by atoms with Gasteiger partial charge in [-0.2, -0.15) is 0 Å². The first-order chi connectivity index (χ1) is 27.3. The van der Waals surface area contributed by atoms with Crippen LogP contribution in [0.2, 0.25) is 0 Å². The minimum atomic E-state index is -0.900. The molecular formula is C43H52N8O5. The van der Waals surface area contributed by atoms with E-state index in [1.807, 2.05) is 55.4 Å². The zero-order chi connectivity index (χ0) is 39.6. The number of hydrogen-bond donors (Lipinski definition) is 4. The van der Waals surface area contributed by atoms with Crippen LogP contribution in [0.5, 0.6) is 5.75 Å². The van der Waals surface area contributed by atoms with Gasteiger partial charge < -0.3 is 40.2 Å². The zero-order valence-electron chi connectivity index (χ0n) is 32.9. The van der Waals surface area contributed by atoms with Crippen molar-refractivity contribution in [1.82, 2.24) is 35.7 Å². The molecule has 0 fully saturated rings. The lowest BCUT2D eigenvalue weighted by Crippen LogP contribution is -2.43. The molecule has 4 N–H and O–H groups in total. The highest BCUT2D eigenvalue weighted by Gasteiger charge is 2.29. The fourth-order valence-electron chi connectivity index (χ4n) is 7.33. The number of carbonyl (C=O) groups excluding carboxylic acids is 3. The molecule has 0 saturated carbocycles. The number of H-pyrrole nitrogens is 1. The lowest BCUT2D eigenvalue weighted by atomic mass is 9.86. The summed E-state index contributed by atoms with van der Waals surface area (Å²) in [6.45, 7) is 6.69. The largest absolute Gasteiger partial charge is 0.488 e. The number of imidazole rings is 1. The Labute approximate surface area is 328 Å². The lowest BCUT2D eigenvalue weighted by Gasteiger charge is -2.27. The van der Waals surface area contributed by atoms with Gasteiger partial charge in [0, 0.05) is 37.5 Å². The monoisotopic (exact) mass is 760 g/mol. The average Bonchev–Trinajstić information content (AvgIpc) is 3.70. The number of aromatic nitrogens is 2. The van der Waals surface area contributed by atoms with Gasteiger partial charge in [-0.1, -0.05) is 56.3 Å². The van der Waals surface area contributed by atoms with E-state index in [2.05, 4.69) is 63.2 Å². The van der Waals surface area contributed by atoms with Crippen molar-refractivity contribution in [1.29, 1.82) is 0 Å². The molecule has 13 nitrogen and oxygen atoms in total. The van der Waals surface area contributed by atoms with E-state index >= 15 is 0 Å². The van der Waals surface area contributed by atoms with Crippen LogP contribution in [-0.4, -0.2) is 91.3 Å². The van der Waals surface area contributed by atoms with Crippen molar-refractivity contribution in [3.63, 3.8) is 0 Å². The van der Waals surface area contributed by atoms with E-state index in [-0.39, 0.29) is 18.4 Å². The molecule has 1 aliphatic carbocycles. The Bertz CT molecular complexity index is 2090. The van der Waals surface area contributed by atoms with Gasteiger partial charge in [-0.25, -0.2) is 9.78 Å². The number of allylic oxidation sites excluding steroid dienone is 1. The van der Waals surface area contributed by atoms with Crippen LogP contribution in [0.3, 0.4) is 0 Å². The Kier molecular flexibility index (Phi) is 13.2. The van der Waals surface area contributed by atoms with E-state index in [4.69, 9.17) is 14.5 Å². The van der Waals surface area contributed by atoms with Gasteiger partial charge in [0.05, 0.1) is 50.0 Å². The number of aromatic amines is 1. The minimum absolute atomic E-state index is 0.0652. The highest BCUT2D eigenvalue weighted by atomic mass is 16.5. The third-order valence-electron chi connectivity index (χ3n) is 10.1. The number of aryl methyl sites for hydroxylation is 1. The molecule has 56 heavy (non-hydrogen) atoms. The second kappa shape index (κ2) is 18.6. The summed E-state index contributed by atoms with van der Waals surface area (Å²) in [5, 5.41) is 9.03. The number of hydrogen-bond acceptors (Lipinski definition) is 9. The molecule has 294 valence electrons. The van der Waals surface area contributed by atoms with Gasteiger partial charge in [0.15, 0.2) is 0 Å². The molecule has 0 saturated heterocycles. The van der Waals surface area contributed by atoms with Crippen molar-refractivity contribution in [2.45, 2.75) is 58.7 Å². The number of nitrogens with one attached hydrogen (secondary N) is 4. The van der Waals surface area contributed by atoms with Gasteiger partial charge in [-0.15, -0.1) is 0 Å². The van der Waals surface area contributed by atoms with E-state index in [1.165, 1.54) is 12.7 Å². The molecule has 2 aliphatic rings. The average molecular weight is 761 g/mol. The van der Waals surface area contributed by atoms with Crippen LogP contribution in [0.1, 0.15) is 67.2 Å². The standard InChI is InChI=1S/C43H52N8O5/c1-6-18-50(39(52)25-44-3)20-17-46-35-16-14-29-22-34-32-15-13-30(21-31(32)27-56-37(34)23-33(29)41(35)45-4)36-24-47-38(48-36)26-51(19-7-2)42(53)40(49-43(54)55-5)28-11-9-8-10-12-28/h8-13,15,17,21-24,40,44-45H,6-7,14,16,18-20,25-27H2,1-5H3,(H,47,48)(H,49,54)/b46-17+/t40-/m1/s1. The third-order valence-corrected chi connectivity index (χ3v) is 10.1. The predicted octanol–water partition coefficient (Wildman–Crippen LogP) is 5.84. The van der Waals surface area contributed by atoms with Crippen molar-refractivity contribution in [2.24, 2.45) is 4.99 Å². The Hall–Kier alpha value is -5.95. The molecule has 0 spiro atoms. The van der Waals surface area contributed by atoms with Crippen LogP contribution in [0.25, 0.3) is 28.1 Å². The molecule has 0 radical (unpaired) electrons. The number of aliphatic imine (C=N–C) groups is 1. The summed E-state index contributed by atoms with van der Waals surface area (Å²) in [5.74, 6) is 1.28. The fourth-order valence-corrected chi connectivity index (χ4v) is 7.33. The summed E-state index contributed by atoms with van der Waals surface area (Å²) in [6, 6.07) is 19.0. The van der Waals surface area contributed by atoms with E-state index in [1.54, 1.807) is 18.1 Å². The Balaban J connectivity index is 1.19. The maximum Gasteiger partial charge on any atom is 0.407 e. The van der Waals surface area contributed by atoms with Crippen LogP contribution in [0.15, 0.2) is 77.5 Å². The molecule has 3 amide bonds. The van der Waals surface area contributed by atoms with Crippen molar-refractivity contribution in [2.75, 3.05) is 47.4 Å². The number of alkyl carbamates (subject to hydrolysis) is 1. The van der Waals surface area contributed by atoms with Gasteiger partial charge in [-0.3, -0.25) is 14.6 Å². The van der Waals surface area contributed by atoms with Crippen LogP contribution < -0.4 is 20.7 Å². The Morgan fingerprint density at radius 2 is 1.75 bits per heavy atom. The van der Waals surface area contributed by atoms with Crippen LogP contribution in [0, 0.1) is 0 Å². The smallest absolute Gasteiger partial charge is 0.407 e. The number of carbonyl (C=O) groups is 3. The molecule has 2 heterocycles. The van der Waals surface area contributed by atoms with Gasteiger partial charge in [0.25, 0.3) is 0 Å². The molecule has 4 aromatic rings. The highest BCUT2D eigenvalue weighted by molar-refractivity contribution is 5.87. The van der Waals surface area contributed by atoms with E-state index < -0.39 is 12.1 Å². The quantitative estimate of drug-likeness (QED) is 0.104. The number of benzene rings is 3. The summed E-state index contributed by atoms with van der Waals surface area (Å²) in [7, 11) is 4.98. The Morgan fingerprint density at radius 1 is 0.964 bits per heavy atom. The second-order valence-corrected chi connectivity index (χ2v) is 13.9. The fraction of sp³-hybridized carbons (Fsp3) is 0.372. The normalized spacial score (nSPS) is 13.6. The van der Waals surface area contributed by atoms with Crippen LogP contribution >= 0.6 is 0 Å². The molecule has 1 aromatic heterocycles. The first-order valence-corrected chi connectivity index (χ1v) is 19.3. The summed E-state index contributed by atoms with van der Waals surface area (Å²) in [5.41, 5.74) is 9.97. The van der Waals surface area contributed by atoms with Crippen LogP contribution in [-0.2, 0) is 33.9 Å². The SMILES string of the molecule is CCCN(C/C=N/C1=C(NC)c2cc3c(cc2CC1)-c1ccc(-c2cnc(CN(CCC)C(=O)[C@H](NC(=O)OC)c4ccccc4)[nH]2)cc1CO3)C(=O)CNC. The molecule has 6 rings (SSSR count). The van der Waals surface area contributed by atoms with E-state index in [9.17, 15) is 14.4 Å². The van der Waals surface area contributed by atoms with E-state index in [0.29, 0.717) is 44.2 Å². The second-order valence-electron chi connectivity index (χ2n) is 13.9. The van der Waals surface area contributed by atoms with Gasteiger partial charge in [0.2, 0.25) is 11.8 Å². The number of ether oxygens (including phenoxy) is 2. The molecule has 13 heteroatoms. The highest BCUT2D eigenvalue weighted by Crippen LogP contribution is 2.43. The summed E-state index contributed by atoms with van der Waals surface area (Å²) >= 11 is 0. The number of methoxy groups -OCH3 is 1. The first kappa shape index (κ1) is 39.7. The topological polar surface area (TPSA) is 153 Å². The zero-order valence-corrected chi connectivity index (χ0v) is 32.9. The number of nitrogens with zero attached hydrogens (tertiary/aromatic N) is 4. The van der Waals surface area contributed by atoms with Crippen molar-refractivity contribution in [3.05, 3.63) is 101 Å². The summed E-state index contributed by atoms with van der Waals surface area (Å²) in [4.78, 5) is 55.0. The minimum Gasteiger partial charge on any atom is -0.488 e.